The zero-order chi connectivity index (χ0) is 19.4. The number of amides is 1. The number of carbonyl (C=O) groups excluding carboxylic acids is 1. The van der Waals surface area contributed by atoms with Crippen molar-refractivity contribution in [3.05, 3.63) is 35.7 Å². The van der Waals surface area contributed by atoms with Crippen LogP contribution in [0.25, 0.3) is 0 Å². The summed E-state index contributed by atoms with van der Waals surface area (Å²) in [6, 6.07) is 7.76. The van der Waals surface area contributed by atoms with Crippen LogP contribution in [0.2, 0.25) is 0 Å². The molecule has 1 aliphatic rings. The number of aromatic nitrogens is 2. The van der Waals surface area contributed by atoms with E-state index in [1.807, 2.05) is 62.0 Å². The molecule has 2 aromatic rings. The highest BCUT2D eigenvalue weighted by atomic mass is 16.5. The third-order valence-electron chi connectivity index (χ3n) is 4.70. The molecule has 0 spiro atoms. The number of para-hydroxylation sites is 1. The monoisotopic (exact) mass is 372 g/mol. The largest absolute Gasteiger partial charge is 0.491 e. The lowest BCUT2D eigenvalue weighted by Gasteiger charge is -2.30. The van der Waals surface area contributed by atoms with Crippen LogP contribution < -0.4 is 9.64 Å². The molecule has 146 valence electrons. The molecule has 0 bridgehead atoms. The second kappa shape index (κ2) is 8.41. The quantitative estimate of drug-likeness (QED) is 0.776. The highest BCUT2D eigenvalue weighted by Crippen LogP contribution is 2.28. The van der Waals surface area contributed by atoms with E-state index >= 15 is 0 Å². The number of ether oxygens (including phenoxy) is 1. The molecule has 0 radical (unpaired) electrons. The second-order valence-electron chi connectivity index (χ2n) is 7.43. The lowest BCUT2D eigenvalue weighted by Crippen LogP contribution is -2.38. The van der Waals surface area contributed by atoms with E-state index in [1.165, 1.54) is 0 Å². The Morgan fingerprint density at radius 1 is 1.30 bits per heavy atom. The van der Waals surface area contributed by atoms with E-state index in [-0.39, 0.29) is 17.9 Å². The maximum Gasteiger partial charge on any atom is 0.265 e. The van der Waals surface area contributed by atoms with Crippen molar-refractivity contribution in [2.24, 2.45) is 0 Å². The standard InChI is InChI=1S/C20H28N4O3/c1-14(2)26-17-8-6-5-7-16(17)13-18(25)24-11-9-15(10-12-24)19-21-20(22-27-19)23(3)4/h5-8,14-15H,9-13H2,1-4H3. The number of benzene rings is 1. The maximum atomic E-state index is 12.8. The van der Waals surface area contributed by atoms with E-state index < -0.39 is 0 Å². The van der Waals surface area contributed by atoms with Crippen molar-refractivity contribution in [1.82, 2.24) is 15.0 Å². The average molecular weight is 372 g/mol. The molecule has 1 amide bonds. The number of nitrogens with zero attached hydrogens (tertiary/aromatic N) is 4. The molecular weight excluding hydrogens is 344 g/mol. The van der Waals surface area contributed by atoms with Gasteiger partial charge in [-0.1, -0.05) is 18.2 Å². The molecule has 1 aromatic heterocycles. The zero-order valence-corrected chi connectivity index (χ0v) is 16.5. The van der Waals surface area contributed by atoms with Crippen molar-refractivity contribution in [3.8, 4) is 5.75 Å². The molecule has 0 atom stereocenters. The molecule has 2 heterocycles. The van der Waals surface area contributed by atoms with Gasteiger partial charge in [-0.25, -0.2) is 0 Å². The number of carbonyl (C=O) groups is 1. The first-order chi connectivity index (χ1) is 12.9. The minimum absolute atomic E-state index is 0.0819. The fraction of sp³-hybridized carbons (Fsp3) is 0.550. The molecule has 1 aromatic carbocycles. The average Bonchev–Trinajstić information content (AvgIpc) is 3.13. The van der Waals surface area contributed by atoms with Gasteiger partial charge < -0.3 is 19.1 Å². The summed E-state index contributed by atoms with van der Waals surface area (Å²) in [6.45, 7) is 5.39. The van der Waals surface area contributed by atoms with E-state index in [4.69, 9.17) is 9.26 Å². The molecule has 0 unspecified atom stereocenters. The Bertz CT molecular complexity index is 764. The van der Waals surface area contributed by atoms with Crippen molar-refractivity contribution in [3.63, 3.8) is 0 Å². The number of hydrogen-bond donors (Lipinski definition) is 0. The Hall–Kier alpha value is -2.57. The van der Waals surface area contributed by atoms with Gasteiger partial charge in [-0.05, 0) is 37.9 Å². The van der Waals surface area contributed by atoms with Crippen LogP contribution in [0, 0.1) is 0 Å². The second-order valence-corrected chi connectivity index (χ2v) is 7.43. The number of piperidine rings is 1. The minimum atomic E-state index is 0.0819. The summed E-state index contributed by atoms with van der Waals surface area (Å²) < 4.78 is 11.2. The van der Waals surface area contributed by atoms with Crippen molar-refractivity contribution >= 4 is 11.9 Å². The van der Waals surface area contributed by atoms with Crippen LogP contribution in [-0.2, 0) is 11.2 Å². The lowest BCUT2D eigenvalue weighted by atomic mass is 9.96. The van der Waals surface area contributed by atoms with E-state index in [2.05, 4.69) is 10.1 Å². The van der Waals surface area contributed by atoms with Gasteiger partial charge in [0.25, 0.3) is 5.95 Å². The summed E-state index contributed by atoms with van der Waals surface area (Å²) in [5.74, 6) is 2.39. The molecule has 0 aliphatic carbocycles. The fourth-order valence-corrected chi connectivity index (χ4v) is 3.24. The first-order valence-electron chi connectivity index (χ1n) is 9.47. The summed E-state index contributed by atoms with van der Waals surface area (Å²) in [5, 5.41) is 3.98. The van der Waals surface area contributed by atoms with Crippen LogP contribution in [0.1, 0.15) is 44.1 Å². The Balaban J connectivity index is 1.57. The van der Waals surface area contributed by atoms with Crippen LogP contribution in [0.5, 0.6) is 5.75 Å². The van der Waals surface area contributed by atoms with Crippen molar-refractivity contribution in [2.75, 3.05) is 32.1 Å². The normalized spacial score (nSPS) is 15.2. The summed E-state index contributed by atoms with van der Waals surface area (Å²) in [4.78, 5) is 20.9. The van der Waals surface area contributed by atoms with E-state index in [0.717, 1.165) is 24.2 Å². The third-order valence-corrected chi connectivity index (χ3v) is 4.70. The smallest absolute Gasteiger partial charge is 0.265 e. The molecular formula is C20H28N4O3. The van der Waals surface area contributed by atoms with Gasteiger partial charge in [0, 0.05) is 38.7 Å². The number of likely N-dealkylation sites (tertiary alicyclic amines) is 1. The van der Waals surface area contributed by atoms with Gasteiger partial charge in [0.1, 0.15) is 5.75 Å². The summed E-state index contributed by atoms with van der Waals surface area (Å²) in [6.07, 6.45) is 2.12. The molecule has 1 aliphatic heterocycles. The fourth-order valence-electron chi connectivity index (χ4n) is 3.24. The van der Waals surface area contributed by atoms with Gasteiger partial charge in [0.05, 0.1) is 12.5 Å². The number of hydrogen-bond acceptors (Lipinski definition) is 6. The van der Waals surface area contributed by atoms with Gasteiger partial charge in [-0.3, -0.25) is 4.79 Å². The molecule has 1 fully saturated rings. The van der Waals surface area contributed by atoms with Gasteiger partial charge >= 0.3 is 0 Å². The van der Waals surface area contributed by atoms with Crippen LogP contribution in [0.4, 0.5) is 5.95 Å². The summed E-state index contributed by atoms with van der Waals surface area (Å²) in [7, 11) is 3.77. The molecule has 1 saturated heterocycles. The number of anilines is 1. The third kappa shape index (κ3) is 4.78. The first kappa shape index (κ1) is 19.2. The summed E-state index contributed by atoms with van der Waals surface area (Å²) in [5.41, 5.74) is 0.936. The highest BCUT2D eigenvalue weighted by Gasteiger charge is 2.28. The Labute approximate surface area is 160 Å². The predicted molar refractivity (Wildman–Crippen MR) is 103 cm³/mol. The van der Waals surface area contributed by atoms with E-state index in [1.54, 1.807) is 0 Å². The molecule has 0 saturated carbocycles. The van der Waals surface area contributed by atoms with Crippen LogP contribution >= 0.6 is 0 Å². The topological polar surface area (TPSA) is 71.7 Å². The highest BCUT2D eigenvalue weighted by molar-refractivity contribution is 5.79. The Kier molecular flexibility index (Phi) is 5.98. The molecule has 0 N–H and O–H groups in total. The van der Waals surface area contributed by atoms with Gasteiger partial charge in [0.15, 0.2) is 0 Å². The molecule has 3 rings (SSSR count). The number of rotatable bonds is 6. The van der Waals surface area contributed by atoms with Crippen molar-refractivity contribution in [1.29, 1.82) is 0 Å². The molecule has 7 nitrogen and oxygen atoms in total. The molecule has 7 heteroatoms. The zero-order valence-electron chi connectivity index (χ0n) is 16.5. The Morgan fingerprint density at radius 3 is 2.63 bits per heavy atom. The molecule has 27 heavy (non-hydrogen) atoms. The van der Waals surface area contributed by atoms with Crippen molar-refractivity contribution in [2.45, 2.75) is 45.1 Å². The first-order valence-corrected chi connectivity index (χ1v) is 9.47. The van der Waals surface area contributed by atoms with Crippen molar-refractivity contribution < 1.29 is 14.1 Å². The van der Waals surface area contributed by atoms with E-state index in [9.17, 15) is 4.79 Å². The lowest BCUT2D eigenvalue weighted by molar-refractivity contribution is -0.131. The van der Waals surface area contributed by atoms with Gasteiger partial charge in [-0.2, -0.15) is 4.98 Å². The van der Waals surface area contributed by atoms with Crippen LogP contribution in [-0.4, -0.2) is 54.2 Å². The summed E-state index contributed by atoms with van der Waals surface area (Å²) >= 11 is 0. The SMILES string of the molecule is CC(C)Oc1ccccc1CC(=O)N1CCC(c2nc(N(C)C)no2)CC1. The van der Waals surface area contributed by atoms with Gasteiger partial charge in [-0.15, -0.1) is 0 Å². The van der Waals surface area contributed by atoms with E-state index in [0.29, 0.717) is 31.3 Å². The predicted octanol–water partition coefficient (Wildman–Crippen LogP) is 2.87. The Morgan fingerprint density at radius 2 is 2.00 bits per heavy atom. The van der Waals surface area contributed by atoms with Crippen LogP contribution in [0.15, 0.2) is 28.8 Å². The van der Waals surface area contributed by atoms with Gasteiger partial charge in [0.2, 0.25) is 11.8 Å². The van der Waals surface area contributed by atoms with Crippen LogP contribution in [0.3, 0.4) is 0 Å². The maximum absolute atomic E-state index is 12.8. The minimum Gasteiger partial charge on any atom is -0.491 e.